The van der Waals surface area contributed by atoms with Gasteiger partial charge in [0.25, 0.3) is 0 Å². The highest BCUT2D eigenvalue weighted by molar-refractivity contribution is 8.14. The van der Waals surface area contributed by atoms with Crippen molar-refractivity contribution in [2.45, 2.75) is 57.0 Å². The zero-order chi connectivity index (χ0) is 18.2. The molecule has 2 aromatic heterocycles. The Balaban J connectivity index is 1.52. The van der Waals surface area contributed by atoms with Crippen molar-refractivity contribution in [2.24, 2.45) is 4.99 Å². The number of fused-ring (bicyclic) bond motifs is 1. The molecule has 2 saturated heterocycles. The maximum absolute atomic E-state index is 5.90. The average molecular weight is 383 g/mol. The summed E-state index contributed by atoms with van der Waals surface area (Å²) in [5, 5.41) is 1.19. The molecule has 27 heavy (non-hydrogen) atoms. The Morgan fingerprint density at radius 2 is 2.22 bits per heavy atom. The summed E-state index contributed by atoms with van der Waals surface area (Å²) in [6, 6.07) is 11.4. The van der Waals surface area contributed by atoms with Crippen LogP contribution < -0.4 is 0 Å². The van der Waals surface area contributed by atoms with Crippen molar-refractivity contribution in [1.29, 1.82) is 0 Å². The molecule has 0 radical (unpaired) electrons. The van der Waals surface area contributed by atoms with E-state index >= 15 is 0 Å². The van der Waals surface area contributed by atoms with Crippen LogP contribution in [0.25, 0.3) is 0 Å². The third kappa shape index (κ3) is 3.09. The van der Waals surface area contributed by atoms with Crippen LogP contribution in [0.15, 0.2) is 47.7 Å². The van der Waals surface area contributed by atoms with Gasteiger partial charge >= 0.3 is 0 Å². The first-order valence-corrected chi connectivity index (χ1v) is 11.0. The van der Waals surface area contributed by atoms with Crippen LogP contribution in [0.2, 0.25) is 0 Å². The molecule has 5 heterocycles. The molecule has 4 atom stereocenters. The van der Waals surface area contributed by atoms with Crippen LogP contribution in [0.1, 0.15) is 49.7 Å². The molecule has 2 fully saturated rings. The number of rotatable bonds is 5. The van der Waals surface area contributed by atoms with Crippen molar-refractivity contribution in [1.82, 2.24) is 14.5 Å². The largest absolute Gasteiger partial charge is 0.376 e. The maximum Gasteiger partial charge on any atom is 0.160 e. The Morgan fingerprint density at radius 3 is 3.00 bits per heavy atom. The monoisotopic (exact) mass is 382 g/mol. The third-order valence-corrected chi connectivity index (χ3v) is 7.05. The van der Waals surface area contributed by atoms with Crippen molar-refractivity contribution in [3.05, 3.63) is 54.1 Å². The van der Waals surface area contributed by atoms with Crippen molar-refractivity contribution < 1.29 is 4.74 Å². The highest BCUT2D eigenvalue weighted by Gasteiger charge is 2.46. The van der Waals surface area contributed by atoms with Crippen LogP contribution in [0, 0.1) is 0 Å². The fraction of sp³-hybridized carbons (Fsp3) is 0.524. The van der Waals surface area contributed by atoms with E-state index in [0.29, 0.717) is 12.1 Å². The molecule has 5 rings (SSSR count). The number of pyridine rings is 1. The Morgan fingerprint density at radius 1 is 1.26 bits per heavy atom. The summed E-state index contributed by atoms with van der Waals surface area (Å²) >= 11 is 1.90. The predicted molar refractivity (Wildman–Crippen MR) is 109 cm³/mol. The van der Waals surface area contributed by atoms with Crippen LogP contribution in [0.3, 0.4) is 0 Å². The highest BCUT2D eigenvalue weighted by atomic mass is 32.2. The molecule has 3 aliphatic heterocycles. The number of hydrogen-bond donors (Lipinski definition) is 0. The molecule has 3 aliphatic rings. The average Bonchev–Trinajstić information content (AvgIpc) is 3.47. The molecule has 5 nitrogen and oxygen atoms in total. The molecular formula is C21H26N4OS. The lowest BCUT2D eigenvalue weighted by Gasteiger charge is -2.32. The summed E-state index contributed by atoms with van der Waals surface area (Å²) < 4.78 is 8.30. The van der Waals surface area contributed by atoms with Crippen molar-refractivity contribution in [3.63, 3.8) is 0 Å². The molecule has 0 N–H and O–H groups in total. The molecule has 0 amide bonds. The molecule has 0 aromatic carbocycles. The van der Waals surface area contributed by atoms with Gasteiger partial charge in [0.1, 0.15) is 6.04 Å². The number of ether oxygens (including phenoxy) is 1. The molecule has 0 aliphatic carbocycles. The normalized spacial score (nSPS) is 30.0. The molecule has 142 valence electrons. The van der Waals surface area contributed by atoms with Gasteiger partial charge in [-0.25, -0.2) is 0 Å². The summed E-state index contributed by atoms with van der Waals surface area (Å²) in [5.74, 6) is 1.13. The van der Waals surface area contributed by atoms with Gasteiger partial charge in [-0.2, -0.15) is 0 Å². The molecule has 0 bridgehead atoms. The fourth-order valence-electron chi connectivity index (χ4n) is 4.54. The number of aromatic nitrogens is 2. The first kappa shape index (κ1) is 17.3. The van der Waals surface area contributed by atoms with Gasteiger partial charge in [0, 0.05) is 43.0 Å². The van der Waals surface area contributed by atoms with E-state index in [1.54, 1.807) is 0 Å². The van der Waals surface area contributed by atoms with Crippen LogP contribution >= 0.6 is 11.8 Å². The lowest BCUT2D eigenvalue weighted by atomic mass is 9.99. The van der Waals surface area contributed by atoms with E-state index in [9.17, 15) is 0 Å². The second kappa shape index (κ2) is 7.32. The van der Waals surface area contributed by atoms with E-state index < -0.39 is 0 Å². The van der Waals surface area contributed by atoms with Gasteiger partial charge in [-0.05, 0) is 43.5 Å². The summed E-state index contributed by atoms with van der Waals surface area (Å²) in [5.41, 5.74) is 2.39. The maximum atomic E-state index is 5.90. The van der Waals surface area contributed by atoms with Gasteiger partial charge in [0.2, 0.25) is 0 Å². The molecule has 0 saturated carbocycles. The SMILES string of the molecule is CCC1CSC2=NC(c3ccccn3)C(c3cccn3CC3CCCO3)N21. The van der Waals surface area contributed by atoms with Gasteiger partial charge in [-0.3, -0.25) is 9.98 Å². The lowest BCUT2D eigenvalue weighted by molar-refractivity contribution is 0.0950. The molecule has 4 unspecified atom stereocenters. The second-order valence-corrected chi connectivity index (χ2v) is 8.54. The predicted octanol–water partition coefficient (Wildman–Crippen LogP) is 4.04. The quantitative estimate of drug-likeness (QED) is 0.783. The van der Waals surface area contributed by atoms with Crippen LogP contribution in [-0.4, -0.2) is 44.1 Å². The van der Waals surface area contributed by atoms with Crippen LogP contribution in [0.4, 0.5) is 0 Å². The minimum atomic E-state index is 0.0567. The Hall–Kier alpha value is -1.79. The highest BCUT2D eigenvalue weighted by Crippen LogP contribution is 2.48. The zero-order valence-electron chi connectivity index (χ0n) is 15.7. The Kier molecular flexibility index (Phi) is 4.70. The molecular weight excluding hydrogens is 356 g/mol. The van der Waals surface area contributed by atoms with Crippen LogP contribution in [0.5, 0.6) is 0 Å². The smallest absolute Gasteiger partial charge is 0.160 e. The van der Waals surface area contributed by atoms with Gasteiger partial charge in [0.05, 0.1) is 17.8 Å². The van der Waals surface area contributed by atoms with Crippen molar-refractivity contribution in [3.8, 4) is 0 Å². The summed E-state index contributed by atoms with van der Waals surface area (Å²) in [6.45, 7) is 4.11. The minimum absolute atomic E-state index is 0.0567. The summed E-state index contributed by atoms with van der Waals surface area (Å²) in [4.78, 5) is 12.3. The van der Waals surface area contributed by atoms with Crippen molar-refractivity contribution >= 4 is 16.9 Å². The number of amidine groups is 1. The molecule has 0 spiro atoms. The van der Waals surface area contributed by atoms with E-state index in [1.165, 1.54) is 17.3 Å². The van der Waals surface area contributed by atoms with Gasteiger partial charge < -0.3 is 14.2 Å². The Labute approximate surface area is 164 Å². The van der Waals surface area contributed by atoms with Gasteiger partial charge in [-0.1, -0.05) is 24.8 Å². The fourth-order valence-corrected chi connectivity index (χ4v) is 5.88. The molecule has 2 aromatic rings. The lowest BCUT2D eigenvalue weighted by Crippen LogP contribution is -2.36. The Bertz CT molecular complexity index is 815. The van der Waals surface area contributed by atoms with E-state index in [0.717, 1.165) is 37.4 Å². The molecule has 6 heteroatoms. The summed E-state index contributed by atoms with van der Waals surface area (Å²) in [7, 11) is 0. The van der Waals surface area contributed by atoms with E-state index in [4.69, 9.17) is 9.73 Å². The first-order chi connectivity index (χ1) is 13.3. The van der Waals surface area contributed by atoms with Gasteiger partial charge in [-0.15, -0.1) is 0 Å². The number of aliphatic imine (C=N–C) groups is 1. The second-order valence-electron chi connectivity index (χ2n) is 7.56. The topological polar surface area (TPSA) is 42.6 Å². The number of thioether (sulfide) groups is 1. The van der Waals surface area contributed by atoms with E-state index in [-0.39, 0.29) is 12.1 Å². The third-order valence-electron chi connectivity index (χ3n) is 5.92. The number of hydrogen-bond acceptors (Lipinski definition) is 5. The van der Waals surface area contributed by atoms with Gasteiger partial charge in [0.15, 0.2) is 5.17 Å². The standard InChI is InChI=1S/C21H26N4OS/c1-2-15-14-27-21-23-19(17-8-3-4-10-22-17)20(25(15)21)18-9-5-11-24(18)13-16-7-6-12-26-16/h3-5,8-11,15-16,19-20H,2,6-7,12-14H2,1H3. The van der Waals surface area contributed by atoms with Crippen molar-refractivity contribution in [2.75, 3.05) is 12.4 Å². The van der Waals surface area contributed by atoms with E-state index in [1.807, 2.05) is 24.0 Å². The minimum Gasteiger partial charge on any atom is -0.376 e. The van der Waals surface area contributed by atoms with Crippen LogP contribution in [-0.2, 0) is 11.3 Å². The zero-order valence-corrected chi connectivity index (χ0v) is 16.5. The first-order valence-electron chi connectivity index (χ1n) is 10.0. The summed E-state index contributed by atoms with van der Waals surface area (Å²) in [6.07, 6.45) is 7.89. The van der Waals surface area contributed by atoms with E-state index in [2.05, 4.69) is 51.8 Å². The number of nitrogens with zero attached hydrogens (tertiary/aromatic N) is 4.